The summed E-state index contributed by atoms with van der Waals surface area (Å²) < 4.78 is 26.0. The molecule has 6 heteroatoms. The van der Waals surface area contributed by atoms with Crippen LogP contribution in [0.1, 0.15) is 33.3 Å². The highest BCUT2D eigenvalue weighted by Crippen LogP contribution is 2.59. The molecule has 2 rings (SSSR count). The minimum atomic E-state index is -3.54. The number of carbonyl (C=O) groups is 1. The van der Waals surface area contributed by atoms with Crippen molar-refractivity contribution in [1.29, 1.82) is 0 Å². The van der Waals surface area contributed by atoms with Gasteiger partial charge in [-0.05, 0) is 36.8 Å². The lowest BCUT2D eigenvalue weighted by Crippen LogP contribution is -2.28. The topological polar surface area (TPSA) is 66.5 Å². The van der Waals surface area contributed by atoms with Gasteiger partial charge in [-0.2, -0.15) is 0 Å². The van der Waals surface area contributed by atoms with Crippen LogP contribution in [0.5, 0.6) is 0 Å². The quantitative estimate of drug-likeness (QED) is 0.789. The molecular formula is C19H28N2O3S. The van der Waals surface area contributed by atoms with E-state index in [1.807, 2.05) is 13.8 Å². The zero-order chi connectivity index (χ0) is 19.0. The number of amides is 1. The highest BCUT2D eigenvalue weighted by atomic mass is 32.2. The third kappa shape index (κ3) is 3.96. The van der Waals surface area contributed by atoms with Crippen LogP contribution in [0.2, 0.25) is 0 Å². The van der Waals surface area contributed by atoms with E-state index >= 15 is 0 Å². The van der Waals surface area contributed by atoms with E-state index in [2.05, 4.69) is 25.2 Å². The van der Waals surface area contributed by atoms with Crippen molar-refractivity contribution in [3.8, 4) is 0 Å². The summed E-state index contributed by atoms with van der Waals surface area (Å²) in [5.74, 6) is 0.142. The predicted molar refractivity (Wildman–Crippen MR) is 99.4 cm³/mol. The van der Waals surface area contributed by atoms with Gasteiger partial charge in [0.15, 0.2) is 0 Å². The molecule has 1 saturated carbocycles. The molecule has 0 radical (unpaired) electrons. The Hall–Kier alpha value is -1.66. The average Bonchev–Trinajstić information content (AvgIpc) is 3.04. The molecule has 2 unspecified atom stereocenters. The maximum absolute atomic E-state index is 12.6. The van der Waals surface area contributed by atoms with Crippen molar-refractivity contribution < 1.29 is 13.2 Å². The zero-order valence-electron chi connectivity index (χ0n) is 15.8. The number of sulfonamides is 1. The minimum absolute atomic E-state index is 0.0236. The number of hydrogen-bond acceptors (Lipinski definition) is 3. The summed E-state index contributed by atoms with van der Waals surface area (Å²) in [6, 6.07) is 6.78. The van der Waals surface area contributed by atoms with Gasteiger partial charge in [-0.1, -0.05) is 43.7 Å². The highest BCUT2D eigenvalue weighted by molar-refractivity contribution is 7.89. The summed E-state index contributed by atoms with van der Waals surface area (Å²) in [5.41, 5.74) is 1.74. The van der Waals surface area contributed by atoms with Gasteiger partial charge in [0.2, 0.25) is 15.9 Å². The van der Waals surface area contributed by atoms with Crippen LogP contribution in [-0.2, 0) is 21.4 Å². The Kier molecular flexibility index (Phi) is 5.44. The first kappa shape index (κ1) is 19.7. The second kappa shape index (κ2) is 6.92. The molecule has 0 aromatic heterocycles. The van der Waals surface area contributed by atoms with Gasteiger partial charge < -0.3 is 5.32 Å². The molecule has 5 nitrogen and oxygen atoms in total. The van der Waals surface area contributed by atoms with E-state index in [4.69, 9.17) is 0 Å². The van der Waals surface area contributed by atoms with Crippen molar-refractivity contribution in [3.05, 3.63) is 41.5 Å². The number of allylic oxidation sites excluding steroid dienone is 2. The summed E-state index contributed by atoms with van der Waals surface area (Å²) in [6.07, 6.45) is 2.15. The summed E-state index contributed by atoms with van der Waals surface area (Å²) in [6.45, 7) is 8.45. The van der Waals surface area contributed by atoms with Crippen LogP contribution in [0.4, 0.5) is 0 Å². The van der Waals surface area contributed by atoms with Crippen molar-refractivity contribution >= 4 is 15.9 Å². The number of rotatable bonds is 6. The number of nitrogens with one attached hydrogen (secondary N) is 1. The van der Waals surface area contributed by atoms with Crippen LogP contribution in [0.3, 0.4) is 0 Å². The number of benzene rings is 1. The van der Waals surface area contributed by atoms with E-state index in [0.717, 1.165) is 0 Å². The zero-order valence-corrected chi connectivity index (χ0v) is 16.6. The Labute approximate surface area is 151 Å². The second-order valence-corrected chi connectivity index (χ2v) is 9.80. The number of hydrogen-bond donors (Lipinski definition) is 1. The summed E-state index contributed by atoms with van der Waals surface area (Å²) in [7, 11) is -0.534. The third-order valence-corrected chi connectivity index (χ3v) is 6.81. The fourth-order valence-corrected chi connectivity index (χ4v) is 4.35. The van der Waals surface area contributed by atoms with Gasteiger partial charge in [0.05, 0.1) is 10.8 Å². The third-order valence-electron chi connectivity index (χ3n) is 4.89. The van der Waals surface area contributed by atoms with Crippen LogP contribution >= 0.6 is 0 Å². The normalized spacial score (nSPS) is 21.7. The SMILES string of the molecule is CC(C)=CC1C(C(=O)NCc2ccccc2S(=O)(=O)N(C)C)C1(C)C. The Bertz CT molecular complexity index is 791. The summed E-state index contributed by atoms with van der Waals surface area (Å²) >= 11 is 0. The van der Waals surface area contributed by atoms with Gasteiger partial charge in [0, 0.05) is 20.6 Å². The Morgan fingerprint density at radius 2 is 1.84 bits per heavy atom. The lowest BCUT2D eigenvalue weighted by molar-refractivity contribution is -0.123. The molecule has 0 bridgehead atoms. The van der Waals surface area contributed by atoms with E-state index in [9.17, 15) is 13.2 Å². The second-order valence-electron chi connectivity index (χ2n) is 7.68. The summed E-state index contributed by atoms with van der Waals surface area (Å²) in [4.78, 5) is 12.8. The maximum atomic E-state index is 12.6. The largest absolute Gasteiger partial charge is 0.352 e. The molecule has 1 aromatic carbocycles. The monoisotopic (exact) mass is 364 g/mol. The van der Waals surface area contributed by atoms with Gasteiger partial charge in [-0.3, -0.25) is 4.79 Å². The van der Waals surface area contributed by atoms with Crippen LogP contribution in [-0.4, -0.2) is 32.7 Å². The van der Waals surface area contributed by atoms with Gasteiger partial charge >= 0.3 is 0 Å². The number of nitrogens with zero attached hydrogens (tertiary/aromatic N) is 1. The van der Waals surface area contributed by atoms with Gasteiger partial charge in [0.25, 0.3) is 0 Å². The van der Waals surface area contributed by atoms with Gasteiger partial charge in [-0.25, -0.2) is 12.7 Å². The molecular weight excluding hydrogens is 336 g/mol. The van der Waals surface area contributed by atoms with E-state index < -0.39 is 10.0 Å². The maximum Gasteiger partial charge on any atom is 0.242 e. The Balaban J connectivity index is 2.13. The van der Waals surface area contributed by atoms with Crippen LogP contribution in [0.15, 0.2) is 40.8 Å². The Morgan fingerprint density at radius 1 is 1.24 bits per heavy atom. The Morgan fingerprint density at radius 3 is 2.40 bits per heavy atom. The smallest absolute Gasteiger partial charge is 0.242 e. The molecule has 2 atom stereocenters. The lowest BCUT2D eigenvalue weighted by atomic mass is 10.1. The standard InChI is InChI=1S/C19H28N2O3S/c1-13(2)11-15-17(19(15,3)4)18(22)20-12-14-9-7-8-10-16(14)25(23,24)21(5)6/h7-11,15,17H,12H2,1-6H3,(H,20,22). The van der Waals surface area contributed by atoms with Crippen molar-refractivity contribution in [2.24, 2.45) is 17.3 Å². The molecule has 1 aliphatic rings. The molecule has 1 N–H and O–H groups in total. The van der Waals surface area contributed by atoms with Crippen molar-refractivity contribution in [2.45, 2.75) is 39.1 Å². The number of carbonyl (C=O) groups excluding carboxylic acids is 1. The fourth-order valence-electron chi connectivity index (χ4n) is 3.24. The van der Waals surface area contributed by atoms with Gasteiger partial charge in [0.1, 0.15) is 0 Å². The lowest BCUT2D eigenvalue weighted by Gasteiger charge is -2.15. The van der Waals surface area contributed by atoms with Crippen molar-refractivity contribution in [2.75, 3.05) is 14.1 Å². The molecule has 1 aromatic rings. The predicted octanol–water partition coefficient (Wildman–Crippen LogP) is 2.79. The van der Waals surface area contributed by atoms with Crippen molar-refractivity contribution in [1.82, 2.24) is 9.62 Å². The molecule has 0 aliphatic heterocycles. The molecule has 25 heavy (non-hydrogen) atoms. The molecule has 1 fully saturated rings. The first-order chi connectivity index (χ1) is 11.5. The molecule has 1 amide bonds. The van der Waals surface area contributed by atoms with E-state index in [0.29, 0.717) is 5.56 Å². The first-order valence-electron chi connectivity index (χ1n) is 8.42. The molecule has 138 valence electrons. The molecule has 0 saturated heterocycles. The van der Waals surface area contributed by atoms with E-state index in [1.165, 1.54) is 24.0 Å². The van der Waals surface area contributed by atoms with Crippen molar-refractivity contribution in [3.63, 3.8) is 0 Å². The van der Waals surface area contributed by atoms with E-state index in [1.54, 1.807) is 24.3 Å². The van der Waals surface area contributed by atoms with Crippen LogP contribution in [0, 0.1) is 17.3 Å². The van der Waals surface area contributed by atoms with E-state index in [-0.39, 0.29) is 34.6 Å². The fraction of sp³-hybridized carbons (Fsp3) is 0.526. The van der Waals surface area contributed by atoms with Crippen LogP contribution in [0.25, 0.3) is 0 Å². The minimum Gasteiger partial charge on any atom is -0.352 e. The average molecular weight is 365 g/mol. The molecule has 0 heterocycles. The van der Waals surface area contributed by atoms with Gasteiger partial charge in [-0.15, -0.1) is 0 Å². The highest BCUT2D eigenvalue weighted by Gasteiger charge is 2.60. The summed E-state index contributed by atoms with van der Waals surface area (Å²) in [5, 5.41) is 2.92. The molecule has 0 spiro atoms. The first-order valence-corrected chi connectivity index (χ1v) is 9.86. The van der Waals surface area contributed by atoms with Crippen LogP contribution < -0.4 is 5.32 Å². The molecule has 1 aliphatic carbocycles.